The molecule has 100 valence electrons. The summed E-state index contributed by atoms with van der Waals surface area (Å²) in [6, 6.07) is 7.40. The van der Waals surface area contributed by atoms with Gasteiger partial charge >= 0.3 is 0 Å². The second-order valence-corrected chi connectivity index (χ2v) is 5.71. The third-order valence-corrected chi connectivity index (χ3v) is 3.19. The molecule has 18 heavy (non-hydrogen) atoms. The fourth-order valence-electron chi connectivity index (χ4n) is 1.85. The molecule has 0 saturated carbocycles. The zero-order valence-corrected chi connectivity index (χ0v) is 12.0. The smallest absolute Gasteiger partial charge is 0.244 e. The first-order valence-corrected chi connectivity index (χ1v) is 6.41. The normalized spacial score (nSPS) is 13.2. The standard InChI is InChI=1S/C15H24N2O/c1-6-17(12-10-8-7-9-11(12)2)14(18)13(16)15(3,4)5/h7-10,13H,6,16H2,1-5H3/t13-/m0/s1. The molecule has 0 aromatic heterocycles. The molecule has 0 saturated heterocycles. The summed E-state index contributed by atoms with van der Waals surface area (Å²) in [4.78, 5) is 14.2. The van der Waals surface area contributed by atoms with Gasteiger partial charge in [-0.05, 0) is 30.9 Å². The molecule has 0 heterocycles. The third-order valence-electron chi connectivity index (χ3n) is 3.19. The van der Waals surface area contributed by atoms with E-state index < -0.39 is 6.04 Å². The van der Waals surface area contributed by atoms with Crippen molar-refractivity contribution in [2.75, 3.05) is 11.4 Å². The summed E-state index contributed by atoms with van der Waals surface area (Å²) < 4.78 is 0. The van der Waals surface area contributed by atoms with Gasteiger partial charge in [0.15, 0.2) is 0 Å². The van der Waals surface area contributed by atoms with Gasteiger partial charge in [0, 0.05) is 12.2 Å². The van der Waals surface area contributed by atoms with Crippen molar-refractivity contribution in [2.45, 2.75) is 40.7 Å². The minimum atomic E-state index is -0.489. The first-order chi connectivity index (χ1) is 8.29. The lowest BCUT2D eigenvalue weighted by molar-refractivity contribution is -0.121. The summed E-state index contributed by atoms with van der Waals surface area (Å²) in [5, 5.41) is 0. The highest BCUT2D eigenvalue weighted by molar-refractivity contribution is 5.98. The molecule has 1 atom stereocenters. The van der Waals surface area contributed by atoms with Gasteiger partial charge in [-0.2, -0.15) is 0 Å². The highest BCUT2D eigenvalue weighted by atomic mass is 16.2. The number of carbonyl (C=O) groups excluding carboxylic acids is 1. The summed E-state index contributed by atoms with van der Waals surface area (Å²) in [7, 11) is 0. The number of amides is 1. The van der Waals surface area contributed by atoms with Gasteiger partial charge in [-0.25, -0.2) is 0 Å². The molecule has 1 rings (SSSR count). The Labute approximate surface area is 110 Å². The van der Waals surface area contributed by atoms with Gasteiger partial charge in [0.2, 0.25) is 5.91 Å². The number of carbonyl (C=O) groups is 1. The molecule has 0 radical (unpaired) electrons. The SMILES string of the molecule is CCN(C(=O)[C@H](N)C(C)(C)C)c1ccccc1C. The minimum Gasteiger partial charge on any atom is -0.319 e. The topological polar surface area (TPSA) is 46.3 Å². The minimum absolute atomic E-state index is 0.0145. The van der Waals surface area contributed by atoms with E-state index in [1.165, 1.54) is 0 Å². The number of rotatable bonds is 3. The monoisotopic (exact) mass is 248 g/mol. The van der Waals surface area contributed by atoms with Crippen LogP contribution in [-0.2, 0) is 4.79 Å². The van der Waals surface area contributed by atoms with Crippen molar-refractivity contribution in [1.29, 1.82) is 0 Å². The Bertz CT molecular complexity index is 421. The lowest BCUT2D eigenvalue weighted by Crippen LogP contribution is -2.50. The van der Waals surface area contributed by atoms with Crippen molar-refractivity contribution >= 4 is 11.6 Å². The Morgan fingerprint density at radius 2 is 1.89 bits per heavy atom. The molecule has 0 bridgehead atoms. The molecule has 1 aromatic carbocycles. The number of benzene rings is 1. The van der Waals surface area contributed by atoms with Crippen molar-refractivity contribution in [3.63, 3.8) is 0 Å². The van der Waals surface area contributed by atoms with E-state index in [1.54, 1.807) is 4.90 Å². The van der Waals surface area contributed by atoms with E-state index in [1.807, 2.05) is 58.9 Å². The highest BCUT2D eigenvalue weighted by Crippen LogP contribution is 2.24. The molecule has 0 aliphatic rings. The van der Waals surface area contributed by atoms with Gasteiger partial charge in [-0.15, -0.1) is 0 Å². The average Bonchev–Trinajstić information content (AvgIpc) is 2.30. The Kier molecular flexibility index (Phi) is 4.52. The van der Waals surface area contributed by atoms with Crippen LogP contribution in [0.2, 0.25) is 0 Å². The fourth-order valence-corrected chi connectivity index (χ4v) is 1.85. The second-order valence-electron chi connectivity index (χ2n) is 5.71. The largest absolute Gasteiger partial charge is 0.319 e. The van der Waals surface area contributed by atoms with Gasteiger partial charge in [-0.1, -0.05) is 39.0 Å². The van der Waals surface area contributed by atoms with Crippen LogP contribution in [0.3, 0.4) is 0 Å². The van der Waals surface area contributed by atoms with Crippen molar-refractivity contribution in [3.8, 4) is 0 Å². The van der Waals surface area contributed by atoms with E-state index in [0.717, 1.165) is 11.3 Å². The number of nitrogens with two attached hydrogens (primary N) is 1. The van der Waals surface area contributed by atoms with Crippen LogP contribution in [0.25, 0.3) is 0 Å². The van der Waals surface area contributed by atoms with Gasteiger partial charge in [0.1, 0.15) is 0 Å². The van der Waals surface area contributed by atoms with Crippen molar-refractivity contribution in [2.24, 2.45) is 11.1 Å². The van der Waals surface area contributed by atoms with Crippen LogP contribution in [0.15, 0.2) is 24.3 Å². The summed E-state index contributed by atoms with van der Waals surface area (Å²) >= 11 is 0. The van der Waals surface area contributed by atoms with Crippen molar-refractivity contribution in [3.05, 3.63) is 29.8 Å². The van der Waals surface area contributed by atoms with E-state index in [2.05, 4.69) is 0 Å². The van der Waals surface area contributed by atoms with Gasteiger partial charge in [-0.3, -0.25) is 4.79 Å². The van der Waals surface area contributed by atoms with Crippen LogP contribution in [0.5, 0.6) is 0 Å². The fraction of sp³-hybridized carbons (Fsp3) is 0.533. The molecule has 3 nitrogen and oxygen atoms in total. The summed E-state index contributed by atoms with van der Waals surface area (Å²) in [6.45, 7) is 10.6. The Hall–Kier alpha value is -1.35. The predicted molar refractivity (Wildman–Crippen MR) is 76.6 cm³/mol. The molecule has 0 aliphatic heterocycles. The van der Waals surface area contributed by atoms with Crippen LogP contribution in [0.1, 0.15) is 33.3 Å². The number of para-hydroxylation sites is 1. The lowest BCUT2D eigenvalue weighted by atomic mass is 9.86. The number of hydrogen-bond donors (Lipinski definition) is 1. The maximum atomic E-state index is 12.5. The van der Waals surface area contributed by atoms with Crippen molar-refractivity contribution < 1.29 is 4.79 Å². The summed E-state index contributed by atoms with van der Waals surface area (Å²) in [5.41, 5.74) is 7.88. The number of hydrogen-bond acceptors (Lipinski definition) is 2. The zero-order valence-electron chi connectivity index (χ0n) is 12.0. The van der Waals surface area contributed by atoms with Gasteiger partial charge in [0.05, 0.1) is 6.04 Å². The number of nitrogens with zero attached hydrogens (tertiary/aromatic N) is 1. The van der Waals surface area contributed by atoms with Crippen LogP contribution >= 0.6 is 0 Å². The molecule has 1 aromatic rings. The van der Waals surface area contributed by atoms with Gasteiger partial charge in [0.25, 0.3) is 0 Å². The Balaban J connectivity index is 3.05. The van der Waals surface area contributed by atoms with Crippen LogP contribution in [0, 0.1) is 12.3 Å². The summed E-state index contributed by atoms with van der Waals surface area (Å²) in [6.07, 6.45) is 0. The van der Waals surface area contributed by atoms with Gasteiger partial charge < -0.3 is 10.6 Å². The molecule has 0 spiro atoms. The van der Waals surface area contributed by atoms with E-state index in [0.29, 0.717) is 6.54 Å². The number of likely N-dealkylation sites (N-methyl/N-ethyl adjacent to an activating group) is 1. The summed E-state index contributed by atoms with van der Waals surface area (Å²) in [5.74, 6) is -0.0145. The zero-order chi connectivity index (χ0) is 13.9. The highest BCUT2D eigenvalue weighted by Gasteiger charge is 2.31. The van der Waals surface area contributed by atoms with Crippen LogP contribution in [0.4, 0.5) is 5.69 Å². The molecule has 3 heteroatoms. The molecular formula is C15H24N2O. The Morgan fingerprint density at radius 1 is 1.33 bits per heavy atom. The second kappa shape index (κ2) is 5.53. The average molecular weight is 248 g/mol. The quantitative estimate of drug-likeness (QED) is 0.894. The van der Waals surface area contributed by atoms with Crippen molar-refractivity contribution in [1.82, 2.24) is 0 Å². The third kappa shape index (κ3) is 3.10. The van der Waals surface area contributed by atoms with Crippen LogP contribution in [-0.4, -0.2) is 18.5 Å². The Morgan fingerprint density at radius 3 is 2.33 bits per heavy atom. The maximum absolute atomic E-state index is 12.5. The van der Waals surface area contributed by atoms with E-state index in [4.69, 9.17) is 5.73 Å². The first kappa shape index (κ1) is 14.7. The number of aryl methyl sites for hydroxylation is 1. The van der Waals surface area contributed by atoms with E-state index in [-0.39, 0.29) is 11.3 Å². The first-order valence-electron chi connectivity index (χ1n) is 6.41. The maximum Gasteiger partial charge on any atom is 0.244 e. The predicted octanol–water partition coefficient (Wildman–Crippen LogP) is 2.72. The molecule has 0 unspecified atom stereocenters. The number of anilines is 1. The lowest BCUT2D eigenvalue weighted by Gasteiger charge is -2.32. The molecule has 0 aliphatic carbocycles. The van der Waals surface area contributed by atoms with E-state index >= 15 is 0 Å². The molecule has 2 N–H and O–H groups in total. The molecule has 0 fully saturated rings. The van der Waals surface area contributed by atoms with E-state index in [9.17, 15) is 4.79 Å². The molecular weight excluding hydrogens is 224 g/mol. The van der Waals surface area contributed by atoms with Crippen LogP contribution < -0.4 is 10.6 Å². The molecule has 1 amide bonds.